The molecule has 0 saturated carbocycles. The molecule has 14 rings (SSSR count). The standard InChI is InChI=1S/C55H35B3N6/c1-3-19-38(20-4-1)62-45-27-11-9-25-43(45)58-44-26-10-12-28-46(44)63(39-21-5-2-6-22-39)53-51(58)49(62)33-40-50-54-55(61-52(40)53)57(37-18-16-32-60-35-37)42-24-8-14-30-48(42)64(54)47-29-13-7-23-41(47)56(50)36-17-15-31-59-34-36/h1-35H. The van der Waals surface area contributed by atoms with Crippen molar-refractivity contribution in [2.45, 2.75) is 0 Å². The molecule has 4 aliphatic heterocycles. The highest BCUT2D eigenvalue weighted by molar-refractivity contribution is 7.03. The van der Waals surface area contributed by atoms with E-state index in [0.29, 0.717) is 0 Å². The lowest BCUT2D eigenvalue weighted by Crippen LogP contribution is -2.66. The SMILES string of the molecule is c1ccc(N2c3ccccc3B3c4ccccc4N(c4ccccc4)c4c3c2cc2c3c5c(nc42)B(c2cccnc2)c2ccccc2N5c2ccccc2B3c2cccnc2)cc1. The molecule has 3 aromatic heterocycles. The summed E-state index contributed by atoms with van der Waals surface area (Å²) in [5.41, 5.74) is 21.9. The number of aromatic nitrogens is 3. The quantitative estimate of drug-likeness (QED) is 0.197. The molecule has 64 heavy (non-hydrogen) atoms. The van der Waals surface area contributed by atoms with Crippen molar-refractivity contribution in [2.75, 3.05) is 14.7 Å². The van der Waals surface area contributed by atoms with E-state index in [-0.39, 0.29) is 20.1 Å². The van der Waals surface area contributed by atoms with Gasteiger partial charge in [-0.1, -0.05) is 127 Å². The third-order valence-corrected chi connectivity index (χ3v) is 13.9. The second kappa shape index (κ2) is 13.7. The number of hydrogen-bond donors (Lipinski definition) is 0. The van der Waals surface area contributed by atoms with Crippen LogP contribution in [0.25, 0.3) is 10.9 Å². The summed E-state index contributed by atoms with van der Waals surface area (Å²) in [6, 6.07) is 68.6. The Kier molecular flexibility index (Phi) is 7.57. The van der Waals surface area contributed by atoms with Gasteiger partial charge in [-0.2, -0.15) is 0 Å². The normalized spacial score (nSPS) is 13.8. The molecule has 0 unspecified atom stereocenters. The fraction of sp³-hybridized carbons (Fsp3) is 0. The molecular weight excluding hydrogens is 777 g/mol. The molecule has 7 heterocycles. The van der Waals surface area contributed by atoms with E-state index in [1.165, 1.54) is 38.5 Å². The van der Waals surface area contributed by atoms with Crippen LogP contribution in [0.4, 0.5) is 51.2 Å². The van der Waals surface area contributed by atoms with Gasteiger partial charge in [0.05, 0.1) is 16.9 Å². The van der Waals surface area contributed by atoms with Crippen LogP contribution in [0.2, 0.25) is 0 Å². The first kappa shape index (κ1) is 35.4. The Labute approximate surface area is 372 Å². The monoisotopic (exact) mass is 812 g/mol. The van der Waals surface area contributed by atoms with Crippen LogP contribution in [0.15, 0.2) is 213 Å². The number of pyridine rings is 3. The number of rotatable bonds is 4. The van der Waals surface area contributed by atoms with Crippen LogP contribution >= 0.6 is 0 Å². The summed E-state index contributed by atoms with van der Waals surface area (Å²) in [4.78, 5) is 23.2. The maximum Gasteiger partial charge on any atom is 0.271 e. The average molecular weight is 812 g/mol. The van der Waals surface area contributed by atoms with E-state index in [1.807, 2.05) is 18.6 Å². The Morgan fingerprint density at radius 3 is 1.39 bits per heavy atom. The summed E-state index contributed by atoms with van der Waals surface area (Å²) < 4.78 is 0. The molecule has 294 valence electrons. The topological polar surface area (TPSA) is 48.4 Å². The Morgan fingerprint density at radius 2 is 0.828 bits per heavy atom. The predicted molar refractivity (Wildman–Crippen MR) is 268 cm³/mol. The lowest BCUT2D eigenvalue weighted by molar-refractivity contribution is 1.25. The van der Waals surface area contributed by atoms with Crippen molar-refractivity contribution in [3.8, 4) is 0 Å². The average Bonchev–Trinajstić information content (AvgIpc) is 3.37. The summed E-state index contributed by atoms with van der Waals surface area (Å²) in [5, 5.41) is 1.12. The Balaban J connectivity index is 1.22. The van der Waals surface area contributed by atoms with Gasteiger partial charge in [-0.25, -0.2) is 0 Å². The smallest absolute Gasteiger partial charge is 0.271 e. The highest BCUT2D eigenvalue weighted by Gasteiger charge is 2.49. The molecule has 0 fully saturated rings. The molecule has 0 aliphatic carbocycles. The molecule has 0 atom stereocenters. The van der Waals surface area contributed by atoms with Crippen molar-refractivity contribution >= 4 is 132 Å². The molecule has 4 aliphatic rings. The number of nitrogens with zero attached hydrogens (tertiary/aromatic N) is 6. The maximum atomic E-state index is 6.17. The van der Waals surface area contributed by atoms with Gasteiger partial charge >= 0.3 is 0 Å². The lowest BCUT2D eigenvalue weighted by Gasteiger charge is -2.46. The van der Waals surface area contributed by atoms with Crippen molar-refractivity contribution in [1.29, 1.82) is 0 Å². The Morgan fingerprint density at radius 1 is 0.359 bits per heavy atom. The van der Waals surface area contributed by atoms with Crippen LogP contribution < -0.4 is 64.0 Å². The van der Waals surface area contributed by atoms with E-state index in [0.717, 1.165) is 72.9 Å². The molecule has 0 N–H and O–H groups in total. The van der Waals surface area contributed by atoms with Crippen LogP contribution in [-0.2, 0) is 0 Å². The molecule has 0 bridgehead atoms. The van der Waals surface area contributed by atoms with E-state index in [1.54, 1.807) is 0 Å². The number of para-hydroxylation sites is 6. The summed E-state index contributed by atoms with van der Waals surface area (Å²) in [6.45, 7) is -0.374. The Bertz CT molecular complexity index is 3250. The van der Waals surface area contributed by atoms with Gasteiger partial charge in [-0.15, -0.1) is 0 Å². The fourth-order valence-electron chi connectivity index (χ4n) is 11.5. The van der Waals surface area contributed by atoms with Crippen molar-refractivity contribution in [3.63, 3.8) is 0 Å². The molecule has 7 aromatic carbocycles. The molecule has 0 amide bonds. The van der Waals surface area contributed by atoms with Gasteiger partial charge in [-0.3, -0.25) is 15.0 Å². The zero-order valence-corrected chi connectivity index (χ0v) is 34.6. The highest BCUT2D eigenvalue weighted by atomic mass is 15.2. The largest absolute Gasteiger partial charge is 0.311 e. The molecule has 10 aromatic rings. The van der Waals surface area contributed by atoms with Crippen molar-refractivity contribution in [3.05, 3.63) is 213 Å². The Hall–Kier alpha value is -8.16. The van der Waals surface area contributed by atoms with Gasteiger partial charge < -0.3 is 14.7 Å². The predicted octanol–water partition coefficient (Wildman–Crippen LogP) is 6.24. The highest BCUT2D eigenvalue weighted by Crippen LogP contribution is 2.48. The third-order valence-electron chi connectivity index (χ3n) is 13.9. The van der Waals surface area contributed by atoms with E-state index in [2.05, 4.69) is 209 Å². The van der Waals surface area contributed by atoms with Gasteiger partial charge in [0, 0.05) is 75.6 Å². The van der Waals surface area contributed by atoms with Gasteiger partial charge in [0.1, 0.15) is 0 Å². The van der Waals surface area contributed by atoms with Crippen LogP contribution in [-0.4, -0.2) is 35.1 Å². The van der Waals surface area contributed by atoms with Gasteiger partial charge in [-0.05, 0) is 105 Å². The minimum absolute atomic E-state index is 0.0443. The number of fused-ring (bicyclic) bond motifs is 11. The molecule has 0 radical (unpaired) electrons. The minimum atomic E-state index is -0.180. The van der Waals surface area contributed by atoms with Crippen molar-refractivity contribution < 1.29 is 0 Å². The molecule has 6 nitrogen and oxygen atoms in total. The minimum Gasteiger partial charge on any atom is -0.311 e. The first-order chi connectivity index (χ1) is 31.8. The first-order valence-corrected chi connectivity index (χ1v) is 22.0. The van der Waals surface area contributed by atoms with Crippen molar-refractivity contribution in [2.24, 2.45) is 0 Å². The second-order valence-corrected chi connectivity index (χ2v) is 17.1. The fourth-order valence-corrected chi connectivity index (χ4v) is 11.5. The van der Waals surface area contributed by atoms with Crippen LogP contribution in [0.5, 0.6) is 0 Å². The van der Waals surface area contributed by atoms with Crippen LogP contribution in [0, 0.1) is 0 Å². The van der Waals surface area contributed by atoms with Gasteiger partial charge in [0.2, 0.25) is 6.71 Å². The van der Waals surface area contributed by atoms with Crippen LogP contribution in [0.1, 0.15) is 0 Å². The summed E-state index contributed by atoms with van der Waals surface area (Å²) in [6.07, 6.45) is 7.83. The van der Waals surface area contributed by atoms with E-state index in [4.69, 9.17) is 15.0 Å². The maximum absolute atomic E-state index is 6.17. The van der Waals surface area contributed by atoms with Crippen molar-refractivity contribution in [1.82, 2.24) is 15.0 Å². The summed E-state index contributed by atoms with van der Waals surface area (Å²) in [7, 11) is 0. The third kappa shape index (κ3) is 4.86. The second-order valence-electron chi connectivity index (χ2n) is 17.1. The van der Waals surface area contributed by atoms with Gasteiger partial charge in [0.25, 0.3) is 13.4 Å². The van der Waals surface area contributed by atoms with E-state index < -0.39 is 0 Å². The lowest BCUT2D eigenvalue weighted by atomic mass is 9.31. The number of hydrogen-bond acceptors (Lipinski definition) is 6. The molecule has 9 heteroatoms. The molecule has 0 saturated heterocycles. The zero-order valence-electron chi connectivity index (χ0n) is 34.6. The van der Waals surface area contributed by atoms with E-state index >= 15 is 0 Å². The zero-order chi connectivity index (χ0) is 41.9. The van der Waals surface area contributed by atoms with E-state index in [9.17, 15) is 0 Å². The molecular formula is C55H35B3N6. The summed E-state index contributed by atoms with van der Waals surface area (Å²) >= 11 is 0. The number of benzene rings is 7. The number of anilines is 9. The van der Waals surface area contributed by atoms with Gasteiger partial charge in [0.15, 0.2) is 0 Å². The van der Waals surface area contributed by atoms with Crippen LogP contribution in [0.3, 0.4) is 0 Å². The first-order valence-electron chi connectivity index (χ1n) is 22.0. The molecule has 0 spiro atoms. The summed E-state index contributed by atoms with van der Waals surface area (Å²) in [5.74, 6) is 0.